The summed E-state index contributed by atoms with van der Waals surface area (Å²) in [6.07, 6.45) is 1.75. The summed E-state index contributed by atoms with van der Waals surface area (Å²) in [7, 11) is 1.63. The van der Waals surface area contributed by atoms with Crippen molar-refractivity contribution in [2.75, 3.05) is 12.9 Å². The van der Waals surface area contributed by atoms with Crippen molar-refractivity contribution in [3.63, 3.8) is 0 Å². The van der Waals surface area contributed by atoms with Gasteiger partial charge in [-0.15, -0.1) is 21.5 Å². The molecule has 0 aliphatic carbocycles. The van der Waals surface area contributed by atoms with Gasteiger partial charge in [-0.25, -0.2) is 8.97 Å². The number of thioether (sulfide) groups is 1. The number of rotatable bonds is 7. The third kappa shape index (κ3) is 4.35. The summed E-state index contributed by atoms with van der Waals surface area (Å²) in [4.78, 5) is 16.1. The molecule has 0 fully saturated rings. The lowest BCUT2D eigenvalue weighted by molar-refractivity contribution is 0.00200. The fourth-order valence-corrected chi connectivity index (χ4v) is 7.05. The molecule has 0 amide bonds. The number of hydrogen-bond donors (Lipinski definition) is 0. The van der Waals surface area contributed by atoms with E-state index in [0.717, 1.165) is 55.8 Å². The van der Waals surface area contributed by atoms with Crippen LogP contribution in [0.4, 0.5) is 0 Å². The average molecular weight is 533 g/mol. The normalized spacial score (nSPS) is 15.5. The molecule has 0 saturated heterocycles. The monoisotopic (exact) mass is 532 g/mol. The van der Waals surface area contributed by atoms with Crippen LogP contribution in [0.5, 0.6) is 5.75 Å². The zero-order chi connectivity index (χ0) is 25.5. The minimum Gasteiger partial charge on any atom is -0.497 e. The van der Waals surface area contributed by atoms with Crippen molar-refractivity contribution in [3.8, 4) is 11.4 Å². The van der Waals surface area contributed by atoms with Crippen molar-refractivity contribution in [1.29, 1.82) is 0 Å². The van der Waals surface area contributed by atoms with Gasteiger partial charge in [-0.1, -0.05) is 55.9 Å². The molecule has 4 heterocycles. The highest BCUT2D eigenvalue weighted by molar-refractivity contribution is 7.99. The summed E-state index contributed by atoms with van der Waals surface area (Å²) in [5.41, 5.74) is 3.06. The molecule has 1 atom stereocenters. The Balaban J connectivity index is 1.52. The molecule has 0 unspecified atom stereocenters. The van der Waals surface area contributed by atoms with E-state index in [9.17, 15) is 4.79 Å². The van der Waals surface area contributed by atoms with Crippen LogP contribution in [0.2, 0.25) is 0 Å². The van der Waals surface area contributed by atoms with Crippen molar-refractivity contribution in [3.05, 3.63) is 81.0 Å². The highest BCUT2D eigenvalue weighted by atomic mass is 32.2. The number of fused-ring (bicyclic) bond motifs is 5. The lowest BCUT2D eigenvalue weighted by atomic mass is 9.96. The van der Waals surface area contributed by atoms with Crippen LogP contribution in [0.25, 0.3) is 21.7 Å². The van der Waals surface area contributed by atoms with Gasteiger partial charge < -0.3 is 9.47 Å². The van der Waals surface area contributed by atoms with Crippen LogP contribution < -0.4 is 10.3 Å². The van der Waals surface area contributed by atoms with Crippen LogP contribution in [-0.2, 0) is 24.2 Å². The van der Waals surface area contributed by atoms with Gasteiger partial charge in [0.25, 0.3) is 5.56 Å². The van der Waals surface area contributed by atoms with Crippen LogP contribution in [0.1, 0.15) is 29.9 Å². The Hall–Kier alpha value is -3.14. The fourth-order valence-electron chi connectivity index (χ4n) is 4.83. The van der Waals surface area contributed by atoms with E-state index in [-0.39, 0.29) is 11.7 Å². The van der Waals surface area contributed by atoms with Gasteiger partial charge in [0.2, 0.25) is 5.78 Å². The zero-order valence-corrected chi connectivity index (χ0v) is 22.6. The Morgan fingerprint density at radius 3 is 2.65 bits per heavy atom. The van der Waals surface area contributed by atoms with Crippen LogP contribution in [-0.4, -0.2) is 38.1 Å². The quantitative estimate of drug-likeness (QED) is 0.257. The number of benzene rings is 2. The van der Waals surface area contributed by atoms with Gasteiger partial charge in [-0.3, -0.25) is 4.79 Å². The molecular formula is C28H28N4O3S2. The Morgan fingerprint density at radius 1 is 1.14 bits per heavy atom. The topological polar surface area (TPSA) is 70.7 Å². The molecule has 0 bridgehead atoms. The molecule has 1 aliphatic rings. The summed E-state index contributed by atoms with van der Waals surface area (Å²) in [5, 5.41) is 10.6. The van der Waals surface area contributed by atoms with Crippen molar-refractivity contribution >= 4 is 39.1 Å². The molecule has 0 saturated carbocycles. The first-order valence-corrected chi connectivity index (χ1v) is 14.2. The summed E-state index contributed by atoms with van der Waals surface area (Å²) >= 11 is 3.29. The second kappa shape index (κ2) is 9.96. The Kier molecular flexibility index (Phi) is 6.52. The SMILES string of the molecule is COc1ccc(-n2c(=O)c3c4c(sc3n3c(SCCc5ccccc5)nnc23)CO[C@H](C(C)C)C4)cc1. The van der Waals surface area contributed by atoms with Gasteiger partial charge in [0.15, 0.2) is 5.16 Å². The second-order valence-corrected chi connectivity index (χ2v) is 11.7. The van der Waals surface area contributed by atoms with Gasteiger partial charge >= 0.3 is 0 Å². The van der Waals surface area contributed by atoms with E-state index < -0.39 is 0 Å². The molecular weight excluding hydrogens is 504 g/mol. The summed E-state index contributed by atoms with van der Waals surface area (Å²) in [6, 6.07) is 17.9. The van der Waals surface area contributed by atoms with Crippen molar-refractivity contribution in [2.24, 2.45) is 5.92 Å². The molecule has 6 rings (SSSR count). The Labute approximate surface area is 223 Å². The molecule has 0 spiro atoms. The smallest absolute Gasteiger partial charge is 0.268 e. The number of hydrogen-bond acceptors (Lipinski definition) is 7. The maximum absolute atomic E-state index is 14.1. The van der Waals surface area contributed by atoms with Gasteiger partial charge in [0.05, 0.1) is 30.9 Å². The first-order valence-electron chi connectivity index (χ1n) is 12.4. The maximum Gasteiger partial charge on any atom is 0.268 e. The predicted octanol–water partition coefficient (Wildman–Crippen LogP) is 5.54. The van der Waals surface area contributed by atoms with E-state index in [2.05, 4.69) is 52.7 Å². The maximum atomic E-state index is 14.1. The number of methoxy groups -OCH3 is 1. The van der Waals surface area contributed by atoms with Gasteiger partial charge in [0, 0.05) is 17.1 Å². The second-order valence-electron chi connectivity index (χ2n) is 9.52. The fraction of sp³-hybridized carbons (Fsp3) is 0.321. The van der Waals surface area contributed by atoms with E-state index in [1.54, 1.807) is 34.8 Å². The first-order chi connectivity index (χ1) is 18.0. The Bertz CT molecular complexity index is 1620. The van der Waals surface area contributed by atoms with Gasteiger partial charge in [0.1, 0.15) is 10.6 Å². The molecule has 0 radical (unpaired) electrons. The Morgan fingerprint density at radius 2 is 1.92 bits per heavy atom. The lowest BCUT2D eigenvalue weighted by Crippen LogP contribution is -2.28. The number of aromatic nitrogens is 4. The molecule has 9 heteroatoms. The van der Waals surface area contributed by atoms with E-state index in [0.29, 0.717) is 18.3 Å². The standard InChI is InChI=1S/C28H28N4O3S2/c1-17(2)22-15-21-23(16-35-22)37-26-24(21)25(33)31(19-9-11-20(34-3)12-10-19)27-29-30-28(32(26)27)36-14-13-18-7-5-4-6-8-18/h4-12,17,22H,13-16H2,1-3H3/t22-/m0/s1. The molecule has 37 heavy (non-hydrogen) atoms. The number of thiophene rings is 1. The summed E-state index contributed by atoms with van der Waals surface area (Å²) < 4.78 is 15.2. The number of nitrogens with zero attached hydrogens (tertiary/aromatic N) is 4. The minimum atomic E-state index is -0.0668. The van der Waals surface area contributed by atoms with Crippen molar-refractivity contribution < 1.29 is 9.47 Å². The molecule has 5 aromatic rings. The van der Waals surface area contributed by atoms with Crippen LogP contribution in [0, 0.1) is 5.92 Å². The zero-order valence-electron chi connectivity index (χ0n) is 21.0. The van der Waals surface area contributed by atoms with E-state index in [1.165, 1.54) is 5.56 Å². The average Bonchev–Trinajstić information content (AvgIpc) is 3.51. The third-order valence-electron chi connectivity index (χ3n) is 6.88. The molecule has 7 nitrogen and oxygen atoms in total. The van der Waals surface area contributed by atoms with Crippen molar-refractivity contribution in [2.45, 2.75) is 44.6 Å². The highest BCUT2D eigenvalue weighted by Crippen LogP contribution is 2.37. The number of aryl methyl sites for hydroxylation is 1. The highest BCUT2D eigenvalue weighted by Gasteiger charge is 2.30. The summed E-state index contributed by atoms with van der Waals surface area (Å²) in [5.74, 6) is 2.48. The van der Waals surface area contributed by atoms with Crippen LogP contribution in [0.15, 0.2) is 64.5 Å². The predicted molar refractivity (Wildman–Crippen MR) is 149 cm³/mol. The van der Waals surface area contributed by atoms with E-state index in [4.69, 9.17) is 9.47 Å². The van der Waals surface area contributed by atoms with Gasteiger partial charge in [-0.05, 0) is 47.7 Å². The molecule has 2 aromatic carbocycles. The first kappa shape index (κ1) is 24.2. The van der Waals surface area contributed by atoms with Crippen molar-refractivity contribution in [1.82, 2.24) is 19.2 Å². The van der Waals surface area contributed by atoms with Gasteiger partial charge in [-0.2, -0.15) is 0 Å². The molecule has 1 aliphatic heterocycles. The third-order valence-corrected chi connectivity index (χ3v) is 9.00. The van der Waals surface area contributed by atoms with Crippen LogP contribution in [0.3, 0.4) is 0 Å². The minimum absolute atomic E-state index is 0.0668. The molecule has 3 aromatic heterocycles. The number of ether oxygens (including phenoxy) is 2. The lowest BCUT2D eigenvalue weighted by Gasteiger charge is -2.26. The van der Waals surface area contributed by atoms with Crippen LogP contribution >= 0.6 is 23.1 Å². The van der Waals surface area contributed by atoms with E-state index in [1.807, 2.05) is 30.3 Å². The molecule has 190 valence electrons. The largest absolute Gasteiger partial charge is 0.497 e. The summed E-state index contributed by atoms with van der Waals surface area (Å²) in [6.45, 7) is 4.86. The molecule has 0 N–H and O–H groups in total. The van der Waals surface area contributed by atoms with E-state index >= 15 is 0 Å².